The average molecular weight is 477 g/mol. The molecule has 1 heterocycles. The molecule has 5 aromatic rings. The maximum Gasteiger partial charge on any atom is 0.239 e. The topological polar surface area (TPSA) is 64.4 Å². The molecule has 0 bridgehead atoms. The van der Waals surface area contributed by atoms with E-state index in [4.69, 9.17) is 9.15 Å². The molecule has 5 heteroatoms. The number of benzene rings is 4. The molecule has 1 amide bonds. The molecular weight excluding hydrogens is 448 g/mol. The third-order valence-electron chi connectivity index (χ3n) is 6.85. The molecule has 180 valence electrons. The zero-order chi connectivity index (χ0) is 25.3. The number of fused-ring (bicyclic) bond motifs is 1. The van der Waals surface area contributed by atoms with Crippen LogP contribution in [-0.2, 0) is 10.2 Å². The summed E-state index contributed by atoms with van der Waals surface area (Å²) in [5.74, 6) is 0.875. The summed E-state index contributed by atoms with van der Waals surface area (Å²) in [5, 5.41) is 3.13. The molecule has 0 atom stereocenters. The van der Waals surface area contributed by atoms with Gasteiger partial charge in [-0.2, -0.15) is 0 Å². The molecule has 0 spiro atoms. The third-order valence-corrected chi connectivity index (χ3v) is 6.85. The predicted molar refractivity (Wildman–Crippen MR) is 143 cm³/mol. The van der Waals surface area contributed by atoms with Gasteiger partial charge in [0.1, 0.15) is 11.3 Å². The highest BCUT2D eigenvalue weighted by Gasteiger charge is 2.37. The van der Waals surface area contributed by atoms with Gasteiger partial charge in [-0.05, 0) is 73.4 Å². The summed E-state index contributed by atoms with van der Waals surface area (Å²) >= 11 is 0. The summed E-state index contributed by atoms with van der Waals surface area (Å²) in [6.45, 7) is 6.05. The number of anilines is 1. The first-order valence-electron chi connectivity index (χ1n) is 11.9. The van der Waals surface area contributed by atoms with Crippen molar-refractivity contribution in [3.63, 3.8) is 0 Å². The van der Waals surface area contributed by atoms with E-state index in [1.807, 2.05) is 97.9 Å². The van der Waals surface area contributed by atoms with Gasteiger partial charge in [-0.1, -0.05) is 60.7 Å². The average Bonchev–Trinajstić information content (AvgIpc) is 3.32. The van der Waals surface area contributed by atoms with Crippen LogP contribution >= 0.6 is 0 Å². The standard InChI is InChI=1S/C31H28N2O3/c1-20-17-25-28(18-21(20)2)36-29(32-25)22-15-16-27(35-4)26(19-22)33-30(34)31(3,23-11-7-5-8-12-23)24-13-9-6-10-14-24/h5-19H,1-4H3,(H,33,34). The number of methoxy groups -OCH3 is 1. The second-order valence-electron chi connectivity index (χ2n) is 9.15. The van der Waals surface area contributed by atoms with Crippen LogP contribution < -0.4 is 10.1 Å². The van der Waals surface area contributed by atoms with E-state index >= 15 is 0 Å². The van der Waals surface area contributed by atoms with Crippen molar-refractivity contribution in [2.45, 2.75) is 26.2 Å². The lowest BCUT2D eigenvalue weighted by molar-refractivity contribution is -0.119. The lowest BCUT2D eigenvalue weighted by atomic mass is 9.75. The predicted octanol–water partition coefficient (Wildman–Crippen LogP) is 7.06. The van der Waals surface area contributed by atoms with E-state index < -0.39 is 5.41 Å². The Morgan fingerprint density at radius 3 is 2.08 bits per heavy atom. The van der Waals surface area contributed by atoms with Crippen LogP contribution in [0.25, 0.3) is 22.6 Å². The summed E-state index contributed by atoms with van der Waals surface area (Å²) < 4.78 is 11.7. The van der Waals surface area contributed by atoms with Crippen LogP contribution in [0.2, 0.25) is 0 Å². The molecule has 0 aliphatic carbocycles. The van der Waals surface area contributed by atoms with Gasteiger partial charge in [0.2, 0.25) is 11.8 Å². The molecule has 0 fully saturated rings. The van der Waals surface area contributed by atoms with Crippen molar-refractivity contribution in [3.8, 4) is 17.2 Å². The normalized spacial score (nSPS) is 11.4. The Bertz CT molecular complexity index is 1460. The van der Waals surface area contributed by atoms with E-state index in [0.717, 1.165) is 38.9 Å². The van der Waals surface area contributed by atoms with Crippen LogP contribution in [0.5, 0.6) is 5.75 Å². The summed E-state index contributed by atoms with van der Waals surface area (Å²) in [5.41, 5.74) is 6.01. The summed E-state index contributed by atoms with van der Waals surface area (Å²) in [4.78, 5) is 18.6. The van der Waals surface area contributed by atoms with Crippen molar-refractivity contribution in [1.29, 1.82) is 0 Å². The number of hydrogen-bond acceptors (Lipinski definition) is 4. The Balaban J connectivity index is 1.55. The number of nitrogens with one attached hydrogen (secondary N) is 1. The second-order valence-corrected chi connectivity index (χ2v) is 9.15. The molecular formula is C31H28N2O3. The summed E-state index contributed by atoms with van der Waals surface area (Å²) in [6, 6.07) is 29.1. The first-order chi connectivity index (χ1) is 17.4. The van der Waals surface area contributed by atoms with Gasteiger partial charge in [0.25, 0.3) is 0 Å². The van der Waals surface area contributed by atoms with Gasteiger partial charge >= 0.3 is 0 Å². The molecule has 36 heavy (non-hydrogen) atoms. The number of carbonyl (C=O) groups is 1. The molecule has 0 aliphatic rings. The Kier molecular flexibility index (Phi) is 6.06. The fraction of sp³-hybridized carbons (Fsp3) is 0.161. The summed E-state index contributed by atoms with van der Waals surface area (Å²) in [7, 11) is 1.59. The number of amides is 1. The maximum absolute atomic E-state index is 14.0. The van der Waals surface area contributed by atoms with Crippen LogP contribution in [0.1, 0.15) is 29.2 Å². The van der Waals surface area contributed by atoms with Crippen LogP contribution in [0.4, 0.5) is 5.69 Å². The lowest BCUT2D eigenvalue weighted by Gasteiger charge is -2.30. The highest BCUT2D eigenvalue weighted by Crippen LogP contribution is 2.37. The number of nitrogens with zero attached hydrogens (tertiary/aromatic N) is 1. The van der Waals surface area contributed by atoms with Gasteiger partial charge in [0.05, 0.1) is 18.2 Å². The van der Waals surface area contributed by atoms with Gasteiger partial charge in [-0.3, -0.25) is 4.79 Å². The monoisotopic (exact) mass is 476 g/mol. The minimum absolute atomic E-state index is 0.167. The van der Waals surface area contributed by atoms with Crippen molar-refractivity contribution in [1.82, 2.24) is 4.98 Å². The number of carbonyl (C=O) groups excluding carboxylic acids is 1. The second kappa shape index (κ2) is 9.34. The maximum atomic E-state index is 14.0. The number of ether oxygens (including phenoxy) is 1. The molecule has 0 unspecified atom stereocenters. The van der Waals surface area contributed by atoms with Gasteiger partial charge < -0.3 is 14.5 Å². The Hall–Kier alpha value is -4.38. The van der Waals surface area contributed by atoms with E-state index in [2.05, 4.69) is 24.1 Å². The van der Waals surface area contributed by atoms with Crippen LogP contribution in [0, 0.1) is 13.8 Å². The molecule has 0 radical (unpaired) electrons. The molecule has 5 nitrogen and oxygen atoms in total. The first-order valence-corrected chi connectivity index (χ1v) is 11.9. The van der Waals surface area contributed by atoms with Crippen molar-refractivity contribution < 1.29 is 13.9 Å². The van der Waals surface area contributed by atoms with Crippen molar-refractivity contribution in [3.05, 3.63) is 113 Å². The Morgan fingerprint density at radius 2 is 1.47 bits per heavy atom. The van der Waals surface area contributed by atoms with Crippen molar-refractivity contribution in [2.75, 3.05) is 12.4 Å². The molecule has 0 saturated heterocycles. The highest BCUT2D eigenvalue weighted by atomic mass is 16.5. The lowest BCUT2D eigenvalue weighted by Crippen LogP contribution is -2.38. The molecule has 0 aliphatic heterocycles. The van der Waals surface area contributed by atoms with Gasteiger partial charge in [0, 0.05) is 5.56 Å². The largest absolute Gasteiger partial charge is 0.495 e. The van der Waals surface area contributed by atoms with Gasteiger partial charge in [0.15, 0.2) is 5.58 Å². The first kappa shape index (κ1) is 23.4. The van der Waals surface area contributed by atoms with E-state index in [1.165, 1.54) is 0 Å². The van der Waals surface area contributed by atoms with Crippen molar-refractivity contribution in [2.24, 2.45) is 0 Å². The Labute approximate surface area is 210 Å². The van der Waals surface area contributed by atoms with Crippen LogP contribution in [-0.4, -0.2) is 18.0 Å². The zero-order valence-electron chi connectivity index (χ0n) is 20.8. The quantitative estimate of drug-likeness (QED) is 0.285. The molecule has 5 rings (SSSR count). The number of hydrogen-bond donors (Lipinski definition) is 1. The number of rotatable bonds is 6. The zero-order valence-corrected chi connectivity index (χ0v) is 20.8. The number of aryl methyl sites for hydroxylation is 2. The molecule has 1 aromatic heterocycles. The number of oxazole rings is 1. The number of aromatic nitrogens is 1. The smallest absolute Gasteiger partial charge is 0.239 e. The van der Waals surface area contributed by atoms with Gasteiger partial charge in [-0.15, -0.1) is 0 Å². The minimum Gasteiger partial charge on any atom is -0.495 e. The van der Waals surface area contributed by atoms with Crippen molar-refractivity contribution >= 4 is 22.7 Å². The van der Waals surface area contributed by atoms with E-state index in [1.54, 1.807) is 7.11 Å². The Morgan fingerprint density at radius 1 is 0.861 bits per heavy atom. The minimum atomic E-state index is -0.920. The highest BCUT2D eigenvalue weighted by molar-refractivity contribution is 6.02. The fourth-order valence-electron chi connectivity index (χ4n) is 4.46. The van der Waals surface area contributed by atoms with Gasteiger partial charge in [-0.25, -0.2) is 4.98 Å². The fourth-order valence-corrected chi connectivity index (χ4v) is 4.46. The summed E-state index contributed by atoms with van der Waals surface area (Å²) in [6.07, 6.45) is 0. The van der Waals surface area contributed by atoms with E-state index in [0.29, 0.717) is 17.3 Å². The van der Waals surface area contributed by atoms with Crippen LogP contribution in [0.3, 0.4) is 0 Å². The molecule has 4 aromatic carbocycles. The molecule has 0 saturated carbocycles. The molecule has 1 N–H and O–H groups in total. The van der Waals surface area contributed by atoms with E-state index in [-0.39, 0.29) is 5.91 Å². The third kappa shape index (κ3) is 4.13. The SMILES string of the molecule is COc1ccc(-c2nc3cc(C)c(C)cc3o2)cc1NC(=O)C(C)(c1ccccc1)c1ccccc1. The van der Waals surface area contributed by atoms with E-state index in [9.17, 15) is 4.79 Å². The van der Waals surface area contributed by atoms with Crippen LogP contribution in [0.15, 0.2) is 95.4 Å².